The van der Waals surface area contributed by atoms with Gasteiger partial charge in [0.05, 0.1) is 23.9 Å². The van der Waals surface area contributed by atoms with Crippen LogP contribution in [0, 0.1) is 18.7 Å². The van der Waals surface area contributed by atoms with Gasteiger partial charge in [-0.25, -0.2) is 9.37 Å². The largest absolute Gasteiger partial charge is 0.494 e. The number of hydrogen-bond donors (Lipinski definition) is 2. The minimum Gasteiger partial charge on any atom is -0.494 e. The highest BCUT2D eigenvalue weighted by Gasteiger charge is 2.30. The third-order valence-electron chi connectivity index (χ3n) is 5.83. The standard InChI is InChI=1S/C24H24FN5O/c1-14-6-16(8-17(25)7-14)18-10-27-11-19(23(18)30-12-15(9-26)13-30)24-28-20-4-3-5-21(31-2)22(20)29-24/h3-8,10-11,15H,9,12-13,26H2,1-2H3,(H,28,29). The van der Waals surface area contributed by atoms with Crippen molar-refractivity contribution in [2.75, 3.05) is 31.6 Å². The van der Waals surface area contributed by atoms with E-state index in [0.29, 0.717) is 24.0 Å². The summed E-state index contributed by atoms with van der Waals surface area (Å²) in [4.78, 5) is 15.0. The first-order valence-electron chi connectivity index (χ1n) is 10.3. The number of para-hydroxylation sites is 1. The number of methoxy groups -OCH3 is 1. The van der Waals surface area contributed by atoms with E-state index in [1.165, 1.54) is 6.07 Å². The summed E-state index contributed by atoms with van der Waals surface area (Å²) in [7, 11) is 1.63. The lowest BCUT2D eigenvalue weighted by Gasteiger charge is -2.42. The number of benzene rings is 2. The lowest BCUT2D eigenvalue weighted by atomic mass is 9.94. The Bertz CT molecular complexity index is 1240. The van der Waals surface area contributed by atoms with Crippen molar-refractivity contribution in [1.82, 2.24) is 15.0 Å². The molecule has 0 saturated carbocycles. The van der Waals surface area contributed by atoms with Gasteiger partial charge in [0, 0.05) is 37.0 Å². The maximum Gasteiger partial charge on any atom is 0.146 e. The highest BCUT2D eigenvalue weighted by molar-refractivity contribution is 5.92. The Morgan fingerprint density at radius 3 is 2.74 bits per heavy atom. The van der Waals surface area contributed by atoms with E-state index in [1.54, 1.807) is 19.4 Å². The summed E-state index contributed by atoms with van der Waals surface area (Å²) in [5, 5.41) is 0. The molecule has 2 aromatic heterocycles. The van der Waals surface area contributed by atoms with E-state index >= 15 is 0 Å². The maximum atomic E-state index is 14.2. The van der Waals surface area contributed by atoms with Crippen LogP contribution in [0.4, 0.5) is 10.1 Å². The molecule has 0 aliphatic carbocycles. The van der Waals surface area contributed by atoms with Crippen LogP contribution < -0.4 is 15.4 Å². The number of nitrogens with two attached hydrogens (primary N) is 1. The van der Waals surface area contributed by atoms with Crippen LogP contribution in [0.25, 0.3) is 33.5 Å². The number of halogens is 1. The molecule has 2 aromatic carbocycles. The SMILES string of the molecule is COc1cccc2[nH]c(-c3cncc(-c4cc(C)cc(F)c4)c3N3CC(CN)C3)nc12. The van der Waals surface area contributed by atoms with E-state index in [4.69, 9.17) is 15.5 Å². The van der Waals surface area contributed by atoms with Crippen LogP contribution in [0.5, 0.6) is 5.75 Å². The average Bonchev–Trinajstić information content (AvgIpc) is 3.16. The van der Waals surface area contributed by atoms with Crippen molar-refractivity contribution in [3.8, 4) is 28.3 Å². The molecule has 7 heteroatoms. The first-order chi connectivity index (χ1) is 15.1. The molecule has 1 saturated heterocycles. The summed E-state index contributed by atoms with van der Waals surface area (Å²) < 4.78 is 19.7. The number of anilines is 1. The summed E-state index contributed by atoms with van der Waals surface area (Å²) in [5.41, 5.74) is 11.9. The molecule has 0 spiro atoms. The quantitative estimate of drug-likeness (QED) is 0.510. The smallest absolute Gasteiger partial charge is 0.146 e. The van der Waals surface area contributed by atoms with Crippen LogP contribution in [0.1, 0.15) is 5.56 Å². The van der Waals surface area contributed by atoms with Gasteiger partial charge in [-0.3, -0.25) is 4.98 Å². The highest BCUT2D eigenvalue weighted by atomic mass is 19.1. The average molecular weight is 417 g/mol. The number of ether oxygens (including phenoxy) is 1. The molecule has 4 aromatic rings. The molecular weight excluding hydrogens is 393 g/mol. The van der Waals surface area contributed by atoms with Gasteiger partial charge in [0.25, 0.3) is 0 Å². The van der Waals surface area contributed by atoms with Gasteiger partial charge in [0.2, 0.25) is 0 Å². The van der Waals surface area contributed by atoms with Crippen molar-refractivity contribution in [2.45, 2.75) is 6.92 Å². The first-order valence-corrected chi connectivity index (χ1v) is 10.3. The normalized spacial score (nSPS) is 14.1. The summed E-state index contributed by atoms with van der Waals surface area (Å²) in [6.07, 6.45) is 3.61. The molecule has 0 atom stereocenters. The van der Waals surface area contributed by atoms with Gasteiger partial charge >= 0.3 is 0 Å². The molecule has 3 N–H and O–H groups in total. The molecule has 5 rings (SSSR count). The van der Waals surface area contributed by atoms with E-state index in [0.717, 1.165) is 52.1 Å². The van der Waals surface area contributed by atoms with Crippen LogP contribution >= 0.6 is 0 Å². The zero-order valence-corrected chi connectivity index (χ0v) is 17.5. The fourth-order valence-electron chi connectivity index (χ4n) is 4.27. The van der Waals surface area contributed by atoms with Crippen molar-refractivity contribution in [1.29, 1.82) is 0 Å². The predicted octanol–water partition coefficient (Wildman–Crippen LogP) is 4.14. The molecule has 0 radical (unpaired) electrons. The Morgan fingerprint density at radius 2 is 2.00 bits per heavy atom. The van der Waals surface area contributed by atoms with E-state index in [-0.39, 0.29) is 5.82 Å². The van der Waals surface area contributed by atoms with Crippen LogP contribution in [0.15, 0.2) is 48.8 Å². The molecule has 31 heavy (non-hydrogen) atoms. The number of aromatic amines is 1. The minimum absolute atomic E-state index is 0.261. The number of hydrogen-bond acceptors (Lipinski definition) is 5. The summed E-state index contributed by atoms with van der Waals surface area (Å²) in [6, 6.07) is 10.8. The van der Waals surface area contributed by atoms with Crippen molar-refractivity contribution in [2.24, 2.45) is 11.7 Å². The lowest BCUT2D eigenvalue weighted by molar-refractivity contribution is 0.419. The number of H-pyrrole nitrogens is 1. The Kier molecular flexibility index (Phi) is 4.82. The summed E-state index contributed by atoms with van der Waals surface area (Å²) in [5.74, 6) is 1.59. The molecule has 0 amide bonds. The van der Waals surface area contributed by atoms with Crippen molar-refractivity contribution >= 4 is 16.7 Å². The monoisotopic (exact) mass is 417 g/mol. The number of nitrogens with one attached hydrogen (secondary N) is 1. The molecule has 1 fully saturated rings. The molecule has 6 nitrogen and oxygen atoms in total. The van der Waals surface area contributed by atoms with Gasteiger partial charge in [-0.15, -0.1) is 0 Å². The third-order valence-corrected chi connectivity index (χ3v) is 5.83. The van der Waals surface area contributed by atoms with Crippen LogP contribution in [-0.4, -0.2) is 41.7 Å². The van der Waals surface area contributed by atoms with Crippen molar-refractivity contribution < 1.29 is 9.13 Å². The molecule has 0 bridgehead atoms. The Balaban J connectivity index is 1.71. The highest BCUT2D eigenvalue weighted by Crippen LogP contribution is 2.42. The Labute approximate surface area is 179 Å². The van der Waals surface area contributed by atoms with E-state index < -0.39 is 0 Å². The van der Waals surface area contributed by atoms with E-state index in [2.05, 4.69) is 14.9 Å². The van der Waals surface area contributed by atoms with Gasteiger partial charge in [-0.2, -0.15) is 0 Å². The maximum absolute atomic E-state index is 14.2. The summed E-state index contributed by atoms with van der Waals surface area (Å²) in [6.45, 7) is 4.23. The molecule has 3 heterocycles. The van der Waals surface area contributed by atoms with E-state index in [1.807, 2.05) is 37.4 Å². The van der Waals surface area contributed by atoms with Gasteiger partial charge in [-0.05, 0) is 48.9 Å². The van der Waals surface area contributed by atoms with Crippen molar-refractivity contribution in [3.63, 3.8) is 0 Å². The number of imidazole rings is 1. The van der Waals surface area contributed by atoms with Crippen molar-refractivity contribution in [3.05, 3.63) is 60.2 Å². The van der Waals surface area contributed by atoms with Gasteiger partial charge in [0.1, 0.15) is 22.9 Å². The second-order valence-electron chi connectivity index (χ2n) is 8.05. The lowest BCUT2D eigenvalue weighted by Crippen LogP contribution is -2.50. The number of nitrogens with zero attached hydrogens (tertiary/aromatic N) is 3. The van der Waals surface area contributed by atoms with Gasteiger partial charge < -0.3 is 20.4 Å². The second-order valence-corrected chi connectivity index (χ2v) is 8.05. The molecule has 0 unspecified atom stereocenters. The summed E-state index contributed by atoms with van der Waals surface area (Å²) >= 11 is 0. The molecule has 158 valence electrons. The number of fused-ring (bicyclic) bond motifs is 1. The Morgan fingerprint density at radius 1 is 1.19 bits per heavy atom. The molecular formula is C24H24FN5O. The first kappa shape index (κ1) is 19.5. The number of aryl methyl sites for hydroxylation is 1. The third kappa shape index (κ3) is 3.41. The molecule has 1 aliphatic heterocycles. The second kappa shape index (κ2) is 7.67. The zero-order chi connectivity index (χ0) is 21.5. The van der Waals surface area contributed by atoms with E-state index in [9.17, 15) is 4.39 Å². The van der Waals surface area contributed by atoms with Crippen LogP contribution in [-0.2, 0) is 0 Å². The fourth-order valence-corrected chi connectivity index (χ4v) is 4.27. The zero-order valence-electron chi connectivity index (χ0n) is 17.5. The van der Waals surface area contributed by atoms with Crippen LogP contribution in [0.2, 0.25) is 0 Å². The minimum atomic E-state index is -0.261. The topological polar surface area (TPSA) is 80.1 Å². The predicted molar refractivity (Wildman–Crippen MR) is 121 cm³/mol. The van der Waals surface area contributed by atoms with Crippen LogP contribution in [0.3, 0.4) is 0 Å². The fraction of sp³-hybridized carbons (Fsp3) is 0.250. The number of rotatable bonds is 5. The molecule has 1 aliphatic rings. The van der Waals surface area contributed by atoms with Gasteiger partial charge in [0.15, 0.2) is 0 Å². The number of aromatic nitrogens is 3. The number of pyridine rings is 1. The van der Waals surface area contributed by atoms with Gasteiger partial charge in [-0.1, -0.05) is 12.1 Å². The Hall–Kier alpha value is -3.45.